The van der Waals surface area contributed by atoms with Crippen molar-refractivity contribution in [2.75, 3.05) is 11.4 Å². The van der Waals surface area contributed by atoms with E-state index in [9.17, 15) is 9.18 Å². The molecular formula is C22H21ClFN3O2. The molecule has 0 aliphatic carbocycles. The Labute approximate surface area is 173 Å². The van der Waals surface area contributed by atoms with E-state index in [1.165, 1.54) is 28.7 Å². The number of halogens is 2. The summed E-state index contributed by atoms with van der Waals surface area (Å²) in [5.41, 5.74) is 2.26. The van der Waals surface area contributed by atoms with E-state index in [1.54, 1.807) is 0 Å². The van der Waals surface area contributed by atoms with Crippen LogP contribution in [0.25, 0.3) is 11.5 Å². The van der Waals surface area contributed by atoms with E-state index in [1.807, 2.05) is 24.3 Å². The molecule has 150 valence electrons. The quantitative estimate of drug-likeness (QED) is 0.581. The van der Waals surface area contributed by atoms with Crippen molar-refractivity contribution < 1.29 is 13.7 Å². The molecule has 0 saturated carbocycles. The molecule has 1 aliphatic rings. The number of anilines is 1. The van der Waals surface area contributed by atoms with Gasteiger partial charge in [0.2, 0.25) is 5.91 Å². The molecule has 0 radical (unpaired) electrons. The van der Waals surface area contributed by atoms with Gasteiger partial charge in [0.05, 0.1) is 5.69 Å². The Bertz CT molecular complexity index is 1060. The minimum absolute atomic E-state index is 0.0574. The van der Waals surface area contributed by atoms with Crippen LogP contribution in [-0.2, 0) is 10.2 Å². The lowest BCUT2D eigenvalue weighted by molar-refractivity contribution is -0.117. The van der Waals surface area contributed by atoms with Gasteiger partial charge in [-0.2, -0.15) is 4.98 Å². The number of rotatable bonds is 3. The maximum absolute atomic E-state index is 14.2. The van der Waals surface area contributed by atoms with Crippen LogP contribution in [0, 0.1) is 5.82 Å². The van der Waals surface area contributed by atoms with Crippen molar-refractivity contribution in [2.24, 2.45) is 0 Å². The molecular weight excluding hydrogens is 393 g/mol. The zero-order chi connectivity index (χ0) is 20.8. The predicted octanol–water partition coefficient (Wildman–Crippen LogP) is 5.35. The summed E-state index contributed by atoms with van der Waals surface area (Å²) in [5, 5.41) is 4.44. The van der Waals surface area contributed by atoms with Crippen LogP contribution in [0.3, 0.4) is 0 Å². The molecule has 3 aromatic rings. The van der Waals surface area contributed by atoms with E-state index in [0.29, 0.717) is 16.7 Å². The Hall–Kier alpha value is -2.73. The molecule has 1 saturated heterocycles. The first-order chi connectivity index (χ1) is 13.7. The van der Waals surface area contributed by atoms with Crippen LogP contribution in [0.1, 0.15) is 44.5 Å². The lowest BCUT2D eigenvalue weighted by Crippen LogP contribution is -2.25. The average Bonchev–Trinajstić information content (AvgIpc) is 3.30. The van der Waals surface area contributed by atoms with Gasteiger partial charge in [-0.3, -0.25) is 4.79 Å². The highest BCUT2D eigenvalue weighted by molar-refractivity contribution is 6.31. The second-order valence-corrected chi connectivity index (χ2v) is 8.72. The topological polar surface area (TPSA) is 59.2 Å². The summed E-state index contributed by atoms with van der Waals surface area (Å²) in [6.07, 6.45) is 0.188. The summed E-state index contributed by atoms with van der Waals surface area (Å²) in [6.45, 7) is 6.73. The van der Waals surface area contributed by atoms with Crippen molar-refractivity contribution in [1.29, 1.82) is 0 Å². The van der Waals surface area contributed by atoms with Gasteiger partial charge in [0, 0.05) is 29.5 Å². The third-order valence-electron chi connectivity index (χ3n) is 5.13. The first-order valence-electron chi connectivity index (χ1n) is 9.42. The van der Waals surface area contributed by atoms with Crippen LogP contribution in [0.15, 0.2) is 47.0 Å². The first-order valence-corrected chi connectivity index (χ1v) is 9.80. The minimum atomic E-state index is -0.490. The van der Waals surface area contributed by atoms with E-state index in [2.05, 4.69) is 30.9 Å². The summed E-state index contributed by atoms with van der Waals surface area (Å²) in [4.78, 5) is 18.3. The second-order valence-electron chi connectivity index (χ2n) is 8.29. The Morgan fingerprint density at radius 3 is 2.59 bits per heavy atom. The smallest absolute Gasteiger partial charge is 0.257 e. The third kappa shape index (κ3) is 3.90. The molecule has 1 unspecified atom stereocenters. The number of carbonyl (C=O) groups is 1. The molecule has 4 rings (SSSR count). The summed E-state index contributed by atoms with van der Waals surface area (Å²) in [6, 6.07) is 12.1. The van der Waals surface area contributed by atoms with Gasteiger partial charge < -0.3 is 9.42 Å². The highest BCUT2D eigenvalue weighted by atomic mass is 35.5. The lowest BCUT2D eigenvalue weighted by Gasteiger charge is -2.18. The van der Waals surface area contributed by atoms with Gasteiger partial charge in [-0.05, 0) is 41.3 Å². The van der Waals surface area contributed by atoms with Gasteiger partial charge in [-0.15, -0.1) is 0 Å². The Morgan fingerprint density at radius 1 is 1.17 bits per heavy atom. The van der Waals surface area contributed by atoms with Gasteiger partial charge >= 0.3 is 0 Å². The van der Waals surface area contributed by atoms with E-state index in [-0.39, 0.29) is 35.9 Å². The largest absolute Gasteiger partial charge is 0.334 e. The van der Waals surface area contributed by atoms with Crippen molar-refractivity contribution in [3.8, 4) is 11.5 Å². The number of amides is 1. The molecule has 1 fully saturated rings. The molecule has 0 N–H and O–H groups in total. The average molecular weight is 414 g/mol. The van der Waals surface area contributed by atoms with Crippen LogP contribution in [0.4, 0.5) is 10.1 Å². The number of aromatic nitrogens is 2. The summed E-state index contributed by atoms with van der Waals surface area (Å²) < 4.78 is 19.6. The normalized spacial score (nSPS) is 17.2. The van der Waals surface area contributed by atoms with Gasteiger partial charge in [0.25, 0.3) is 5.89 Å². The van der Waals surface area contributed by atoms with Crippen LogP contribution in [0.2, 0.25) is 5.02 Å². The summed E-state index contributed by atoms with van der Waals surface area (Å²) in [7, 11) is 0. The number of nitrogens with zero attached hydrogens (tertiary/aromatic N) is 3. The van der Waals surface area contributed by atoms with Crippen molar-refractivity contribution in [3.63, 3.8) is 0 Å². The van der Waals surface area contributed by atoms with Crippen LogP contribution in [-0.4, -0.2) is 22.6 Å². The highest BCUT2D eigenvalue weighted by Gasteiger charge is 2.35. The fourth-order valence-electron chi connectivity index (χ4n) is 3.44. The lowest BCUT2D eigenvalue weighted by atomic mass is 9.87. The van der Waals surface area contributed by atoms with Gasteiger partial charge in [-0.1, -0.05) is 49.7 Å². The number of hydrogen-bond acceptors (Lipinski definition) is 4. The summed E-state index contributed by atoms with van der Waals surface area (Å²) >= 11 is 5.96. The molecule has 29 heavy (non-hydrogen) atoms. The van der Waals surface area contributed by atoms with Gasteiger partial charge in [0.1, 0.15) is 5.82 Å². The highest BCUT2D eigenvalue weighted by Crippen LogP contribution is 2.34. The zero-order valence-corrected chi connectivity index (χ0v) is 17.2. The molecule has 2 heterocycles. The maximum Gasteiger partial charge on any atom is 0.257 e. The van der Waals surface area contributed by atoms with Crippen molar-refractivity contribution in [1.82, 2.24) is 10.1 Å². The molecule has 1 aliphatic heterocycles. The van der Waals surface area contributed by atoms with E-state index in [0.717, 1.165) is 5.56 Å². The van der Waals surface area contributed by atoms with Crippen molar-refractivity contribution in [2.45, 2.75) is 38.5 Å². The van der Waals surface area contributed by atoms with E-state index < -0.39 is 5.82 Å². The summed E-state index contributed by atoms with van der Waals surface area (Å²) in [5.74, 6) is -0.112. The first kappa shape index (κ1) is 19.6. The minimum Gasteiger partial charge on any atom is -0.334 e. The molecule has 1 aromatic heterocycles. The molecule has 7 heteroatoms. The molecule has 0 bridgehead atoms. The number of hydrogen-bond donors (Lipinski definition) is 0. The predicted molar refractivity (Wildman–Crippen MR) is 110 cm³/mol. The Balaban J connectivity index is 1.54. The monoisotopic (exact) mass is 413 g/mol. The maximum atomic E-state index is 14.2. The Kier molecular flexibility index (Phi) is 4.90. The van der Waals surface area contributed by atoms with E-state index in [4.69, 9.17) is 16.1 Å². The van der Waals surface area contributed by atoms with Crippen LogP contribution < -0.4 is 4.90 Å². The fourth-order valence-corrected chi connectivity index (χ4v) is 3.60. The standard InChI is InChI=1S/C22H21ClFN3O2/c1-22(2,3)15-6-4-13(5-7-15)21-25-20(26-29-21)14-10-19(28)27(12-14)18-11-16(23)8-9-17(18)24/h4-9,11,14H,10,12H2,1-3H3. The van der Waals surface area contributed by atoms with E-state index >= 15 is 0 Å². The third-order valence-corrected chi connectivity index (χ3v) is 5.36. The molecule has 1 amide bonds. The zero-order valence-electron chi connectivity index (χ0n) is 16.4. The van der Waals surface area contributed by atoms with Crippen LogP contribution >= 0.6 is 11.6 Å². The van der Waals surface area contributed by atoms with Crippen LogP contribution in [0.5, 0.6) is 0 Å². The Morgan fingerprint density at radius 2 is 1.90 bits per heavy atom. The molecule has 5 nitrogen and oxygen atoms in total. The number of benzene rings is 2. The SMILES string of the molecule is CC(C)(C)c1ccc(-c2nc(C3CC(=O)N(c4cc(Cl)ccc4F)C3)no2)cc1. The van der Waals surface area contributed by atoms with Gasteiger partial charge in [-0.25, -0.2) is 4.39 Å². The molecule has 1 atom stereocenters. The molecule has 0 spiro atoms. The molecule has 2 aromatic carbocycles. The second kappa shape index (κ2) is 7.26. The van der Waals surface area contributed by atoms with Crippen molar-refractivity contribution >= 4 is 23.2 Å². The van der Waals surface area contributed by atoms with Crippen molar-refractivity contribution in [3.05, 3.63) is 64.7 Å². The van der Waals surface area contributed by atoms with Gasteiger partial charge in [0.15, 0.2) is 5.82 Å². The fraction of sp³-hybridized carbons (Fsp3) is 0.318. The number of carbonyl (C=O) groups excluding carboxylic acids is 1.